The van der Waals surface area contributed by atoms with Crippen LogP contribution in [0.15, 0.2) is 78.0 Å². The number of rotatable bonds is 8. The molecule has 8 nitrogen and oxygen atoms in total. The average molecular weight is 595 g/mol. The van der Waals surface area contributed by atoms with Crippen molar-refractivity contribution in [2.45, 2.75) is 33.1 Å². The standard InChI is InChI=1S/C30H29F3N6O2S/c1-20-5-3-6-21(2)26(20)38-17-18-42-29(38)36-28(40)34-16-4-7-22-8-10-23(11-9-22)27-35-19-39(37-27)24-12-14-25(15-13-24)41-30(31,32)33/h3,5-6,8-15,19H,4,7,16-18H2,1-2H3,(H,34,40)/b36-29-. The van der Waals surface area contributed by atoms with Crippen LogP contribution >= 0.6 is 11.8 Å². The number of carbonyl (C=O) groups excluding carboxylic acids is 1. The number of nitrogens with one attached hydrogen (secondary N) is 1. The van der Waals surface area contributed by atoms with Crippen LogP contribution in [0.4, 0.5) is 23.7 Å². The molecule has 1 aliphatic heterocycles. The van der Waals surface area contributed by atoms with Crippen LogP contribution in [-0.4, -0.2) is 51.2 Å². The van der Waals surface area contributed by atoms with Crippen LogP contribution in [0.3, 0.4) is 0 Å². The maximum Gasteiger partial charge on any atom is 0.573 e. The smallest absolute Gasteiger partial charge is 0.406 e. The van der Waals surface area contributed by atoms with Crippen molar-refractivity contribution in [2.75, 3.05) is 23.7 Å². The molecule has 5 rings (SSSR count). The molecule has 2 amide bonds. The van der Waals surface area contributed by atoms with Gasteiger partial charge in [-0.3, -0.25) is 0 Å². The van der Waals surface area contributed by atoms with E-state index in [9.17, 15) is 18.0 Å². The number of benzene rings is 3. The topological polar surface area (TPSA) is 84.6 Å². The fraction of sp³-hybridized carbons (Fsp3) is 0.267. The third-order valence-electron chi connectivity index (χ3n) is 6.64. The number of alkyl halides is 3. The lowest BCUT2D eigenvalue weighted by Crippen LogP contribution is -2.29. The lowest BCUT2D eigenvalue weighted by molar-refractivity contribution is -0.274. The second-order valence-electron chi connectivity index (χ2n) is 9.72. The van der Waals surface area contributed by atoms with Crippen molar-refractivity contribution < 1.29 is 22.7 Å². The summed E-state index contributed by atoms with van der Waals surface area (Å²) in [6.45, 7) is 5.47. The SMILES string of the molecule is Cc1cccc(C)c1N1CCS/C1=N\C(=O)NCCCc1ccc(-c2ncn(-c3ccc(OC(F)(F)F)cc3)n2)cc1. The van der Waals surface area contributed by atoms with Gasteiger partial charge in [0.2, 0.25) is 0 Å². The summed E-state index contributed by atoms with van der Waals surface area (Å²) in [4.78, 5) is 23.3. The summed E-state index contributed by atoms with van der Waals surface area (Å²) in [7, 11) is 0. The Hall–Kier alpha value is -4.32. The van der Waals surface area contributed by atoms with E-state index >= 15 is 0 Å². The van der Waals surface area contributed by atoms with Gasteiger partial charge in [-0.05, 0) is 67.6 Å². The molecule has 0 aliphatic carbocycles. The van der Waals surface area contributed by atoms with E-state index in [1.807, 2.05) is 30.3 Å². The van der Waals surface area contributed by atoms with Crippen molar-refractivity contribution in [3.05, 3.63) is 89.7 Å². The van der Waals surface area contributed by atoms with E-state index in [2.05, 4.69) is 56.0 Å². The quantitative estimate of drug-likeness (QED) is 0.229. The molecule has 2 heterocycles. The van der Waals surface area contributed by atoms with Crippen LogP contribution in [-0.2, 0) is 6.42 Å². The van der Waals surface area contributed by atoms with Gasteiger partial charge in [0.1, 0.15) is 12.1 Å². The highest BCUT2D eigenvalue weighted by Gasteiger charge is 2.31. The van der Waals surface area contributed by atoms with Crippen LogP contribution in [0.25, 0.3) is 17.1 Å². The molecule has 0 unspecified atom stereocenters. The maximum absolute atomic E-state index is 12.5. The van der Waals surface area contributed by atoms with E-state index in [4.69, 9.17) is 0 Å². The lowest BCUT2D eigenvalue weighted by atomic mass is 10.1. The largest absolute Gasteiger partial charge is 0.573 e. The number of amides is 2. The molecule has 1 saturated heterocycles. The maximum atomic E-state index is 12.5. The Balaban J connectivity index is 1.11. The molecule has 0 atom stereocenters. The van der Waals surface area contributed by atoms with Gasteiger partial charge in [0.25, 0.3) is 0 Å². The highest BCUT2D eigenvalue weighted by Crippen LogP contribution is 2.31. The fourth-order valence-electron chi connectivity index (χ4n) is 4.69. The summed E-state index contributed by atoms with van der Waals surface area (Å²) in [5, 5.41) is 8.06. The monoisotopic (exact) mass is 594 g/mol. The summed E-state index contributed by atoms with van der Waals surface area (Å²) in [6, 6.07) is 19.0. The number of urea groups is 1. The van der Waals surface area contributed by atoms with Crippen LogP contribution in [0, 0.1) is 13.8 Å². The van der Waals surface area contributed by atoms with E-state index in [1.54, 1.807) is 11.8 Å². The Morgan fingerprint density at radius 2 is 1.76 bits per heavy atom. The van der Waals surface area contributed by atoms with Crippen molar-refractivity contribution >= 4 is 28.6 Å². The molecule has 1 N–H and O–H groups in total. The van der Waals surface area contributed by atoms with Crippen molar-refractivity contribution in [3.63, 3.8) is 0 Å². The van der Waals surface area contributed by atoms with Gasteiger partial charge in [0, 0.05) is 30.1 Å². The molecule has 0 radical (unpaired) electrons. The molecule has 1 aromatic heterocycles. The van der Waals surface area contributed by atoms with Gasteiger partial charge in [-0.1, -0.05) is 54.2 Å². The van der Waals surface area contributed by atoms with Crippen LogP contribution in [0.1, 0.15) is 23.1 Å². The first-order valence-corrected chi connectivity index (χ1v) is 14.3. The van der Waals surface area contributed by atoms with Crippen LogP contribution in [0.2, 0.25) is 0 Å². The van der Waals surface area contributed by atoms with E-state index in [-0.39, 0.29) is 11.8 Å². The molecular weight excluding hydrogens is 565 g/mol. The molecule has 0 saturated carbocycles. The van der Waals surface area contributed by atoms with Gasteiger partial charge in [-0.2, -0.15) is 4.99 Å². The van der Waals surface area contributed by atoms with Crippen molar-refractivity contribution in [1.82, 2.24) is 20.1 Å². The Kier molecular flexibility index (Phi) is 8.81. The Labute approximate surface area is 245 Å². The fourth-order valence-corrected chi connectivity index (χ4v) is 5.63. The van der Waals surface area contributed by atoms with Crippen molar-refractivity contribution in [3.8, 4) is 22.8 Å². The van der Waals surface area contributed by atoms with Gasteiger partial charge in [-0.25, -0.2) is 14.5 Å². The molecule has 1 aliphatic rings. The number of hydrogen-bond donors (Lipinski definition) is 1. The molecular formula is C30H29F3N6O2S. The van der Waals surface area contributed by atoms with E-state index in [1.165, 1.54) is 35.3 Å². The number of hydrogen-bond acceptors (Lipinski definition) is 5. The molecule has 0 bridgehead atoms. The van der Waals surface area contributed by atoms with E-state index < -0.39 is 6.36 Å². The Morgan fingerprint density at radius 3 is 2.45 bits per heavy atom. The molecule has 1 fully saturated rings. The number of anilines is 1. The number of aliphatic imine (C=N–C) groups is 1. The molecule has 4 aromatic rings. The number of para-hydroxylation sites is 1. The number of carbonyl (C=O) groups is 1. The van der Waals surface area contributed by atoms with Crippen LogP contribution < -0.4 is 15.0 Å². The normalized spacial score (nSPS) is 14.4. The Bertz CT molecular complexity index is 1550. The van der Waals surface area contributed by atoms with Crippen molar-refractivity contribution in [1.29, 1.82) is 0 Å². The Morgan fingerprint density at radius 1 is 1.05 bits per heavy atom. The summed E-state index contributed by atoms with van der Waals surface area (Å²) in [5.41, 5.74) is 5.90. The number of amidine groups is 1. The summed E-state index contributed by atoms with van der Waals surface area (Å²) in [6.07, 6.45) is -1.71. The minimum absolute atomic E-state index is 0.303. The van der Waals surface area contributed by atoms with Gasteiger partial charge in [0.15, 0.2) is 11.0 Å². The highest BCUT2D eigenvalue weighted by atomic mass is 32.2. The predicted molar refractivity (Wildman–Crippen MR) is 158 cm³/mol. The van der Waals surface area contributed by atoms with E-state index in [0.29, 0.717) is 18.1 Å². The molecule has 3 aromatic carbocycles. The number of thioether (sulfide) groups is 1. The highest BCUT2D eigenvalue weighted by molar-refractivity contribution is 8.14. The number of ether oxygens (including phenoxy) is 1. The van der Waals surface area contributed by atoms with Gasteiger partial charge >= 0.3 is 12.4 Å². The number of aromatic nitrogens is 3. The number of halogens is 3. The second-order valence-corrected chi connectivity index (χ2v) is 10.8. The molecule has 12 heteroatoms. The minimum atomic E-state index is -4.74. The second kappa shape index (κ2) is 12.7. The number of nitrogens with zero attached hydrogens (tertiary/aromatic N) is 5. The number of aryl methyl sites for hydroxylation is 3. The van der Waals surface area contributed by atoms with Gasteiger partial charge in [0.05, 0.1) is 5.69 Å². The molecule has 42 heavy (non-hydrogen) atoms. The third-order valence-corrected chi connectivity index (χ3v) is 7.60. The van der Waals surface area contributed by atoms with Gasteiger partial charge in [-0.15, -0.1) is 18.3 Å². The van der Waals surface area contributed by atoms with E-state index in [0.717, 1.165) is 58.2 Å². The zero-order valence-corrected chi connectivity index (χ0v) is 23.9. The summed E-state index contributed by atoms with van der Waals surface area (Å²) >= 11 is 1.59. The first-order valence-electron chi connectivity index (χ1n) is 13.4. The summed E-state index contributed by atoms with van der Waals surface area (Å²) in [5.74, 6) is 1.07. The zero-order chi connectivity index (χ0) is 29.7. The van der Waals surface area contributed by atoms with Crippen LogP contribution in [0.5, 0.6) is 5.75 Å². The first-order chi connectivity index (χ1) is 20.2. The average Bonchev–Trinajstić information content (AvgIpc) is 3.62. The lowest BCUT2D eigenvalue weighted by Gasteiger charge is -2.22. The minimum Gasteiger partial charge on any atom is -0.406 e. The first kappa shape index (κ1) is 29.2. The third kappa shape index (κ3) is 7.30. The molecule has 0 spiro atoms. The predicted octanol–water partition coefficient (Wildman–Crippen LogP) is 6.70. The molecule has 218 valence electrons. The zero-order valence-electron chi connectivity index (χ0n) is 23.1. The van der Waals surface area contributed by atoms with Crippen molar-refractivity contribution in [2.24, 2.45) is 4.99 Å². The summed E-state index contributed by atoms with van der Waals surface area (Å²) < 4.78 is 42.5. The van der Waals surface area contributed by atoms with Gasteiger partial charge < -0.3 is 15.0 Å².